The summed E-state index contributed by atoms with van der Waals surface area (Å²) in [5.41, 5.74) is 0.0147. The summed E-state index contributed by atoms with van der Waals surface area (Å²) in [5.74, 6) is -2.04. The summed E-state index contributed by atoms with van der Waals surface area (Å²) >= 11 is 0. The van der Waals surface area contributed by atoms with Crippen LogP contribution in [-0.2, 0) is 14.3 Å². The zero-order valence-electron chi connectivity index (χ0n) is 14.4. The standard InChI is InChI=1S/C18H14N4O6/c19-9-13-8-14(22(26)27)6-7-15(13)21-16(23)11-28-17(24)10-20-18(25)12-4-2-1-3-5-12/h1-8H,10-11H2,(H,20,25)(H,21,23). The molecule has 2 amide bonds. The van der Waals surface area contributed by atoms with Crippen LogP contribution in [0.3, 0.4) is 0 Å². The van der Waals surface area contributed by atoms with Crippen molar-refractivity contribution in [3.8, 4) is 6.07 Å². The maximum atomic E-state index is 11.8. The molecule has 0 heterocycles. The summed E-state index contributed by atoms with van der Waals surface area (Å²) < 4.78 is 4.74. The average Bonchev–Trinajstić information content (AvgIpc) is 2.71. The molecule has 0 bridgehead atoms. The normalized spacial score (nSPS) is 9.68. The molecular weight excluding hydrogens is 368 g/mol. The number of nitro benzene ring substituents is 1. The quantitative estimate of drug-likeness (QED) is 0.417. The van der Waals surface area contributed by atoms with E-state index in [0.29, 0.717) is 5.56 Å². The number of rotatable bonds is 7. The van der Waals surface area contributed by atoms with Crippen molar-refractivity contribution in [1.29, 1.82) is 5.26 Å². The van der Waals surface area contributed by atoms with Crippen LogP contribution in [0.15, 0.2) is 48.5 Å². The van der Waals surface area contributed by atoms with Gasteiger partial charge < -0.3 is 15.4 Å². The van der Waals surface area contributed by atoms with Crippen molar-refractivity contribution in [3.63, 3.8) is 0 Å². The second-order valence-electron chi connectivity index (χ2n) is 5.36. The number of hydrogen-bond donors (Lipinski definition) is 2. The second-order valence-corrected chi connectivity index (χ2v) is 5.36. The third-order valence-corrected chi connectivity index (χ3v) is 3.40. The van der Waals surface area contributed by atoms with Gasteiger partial charge in [-0.25, -0.2) is 0 Å². The number of carbonyl (C=O) groups is 3. The Morgan fingerprint density at radius 2 is 1.86 bits per heavy atom. The molecule has 2 aromatic carbocycles. The van der Waals surface area contributed by atoms with Crippen LogP contribution in [0.2, 0.25) is 0 Å². The van der Waals surface area contributed by atoms with Crippen molar-refractivity contribution in [2.75, 3.05) is 18.5 Å². The lowest BCUT2D eigenvalue weighted by molar-refractivity contribution is -0.384. The molecular formula is C18H14N4O6. The second kappa shape index (κ2) is 9.44. The molecule has 0 unspecified atom stereocenters. The maximum Gasteiger partial charge on any atom is 0.325 e. The highest BCUT2D eigenvalue weighted by atomic mass is 16.6. The zero-order valence-corrected chi connectivity index (χ0v) is 14.4. The summed E-state index contributed by atoms with van der Waals surface area (Å²) in [6.07, 6.45) is 0. The number of non-ortho nitro benzene ring substituents is 1. The lowest BCUT2D eigenvalue weighted by Crippen LogP contribution is -2.32. The van der Waals surface area contributed by atoms with Gasteiger partial charge in [0.2, 0.25) is 0 Å². The van der Waals surface area contributed by atoms with Crippen molar-refractivity contribution in [3.05, 3.63) is 69.8 Å². The van der Waals surface area contributed by atoms with Crippen LogP contribution in [0, 0.1) is 21.4 Å². The molecule has 28 heavy (non-hydrogen) atoms. The van der Waals surface area contributed by atoms with Crippen molar-refractivity contribution in [2.24, 2.45) is 0 Å². The summed E-state index contributed by atoms with van der Waals surface area (Å²) in [4.78, 5) is 45.3. The first-order chi connectivity index (χ1) is 13.4. The zero-order chi connectivity index (χ0) is 20.5. The number of ether oxygens (including phenoxy) is 1. The van der Waals surface area contributed by atoms with Crippen LogP contribution >= 0.6 is 0 Å². The van der Waals surface area contributed by atoms with E-state index in [0.717, 1.165) is 12.1 Å². The third-order valence-electron chi connectivity index (χ3n) is 3.40. The molecule has 0 aliphatic rings. The Kier molecular flexibility index (Phi) is 6.76. The predicted octanol–water partition coefficient (Wildman–Crippen LogP) is 1.38. The number of hydrogen-bond acceptors (Lipinski definition) is 7. The van der Waals surface area contributed by atoms with E-state index in [1.165, 1.54) is 6.07 Å². The molecule has 10 heteroatoms. The van der Waals surface area contributed by atoms with Gasteiger partial charge in [-0.3, -0.25) is 24.5 Å². The van der Waals surface area contributed by atoms with Crippen LogP contribution in [0.1, 0.15) is 15.9 Å². The largest absolute Gasteiger partial charge is 0.454 e. The van der Waals surface area contributed by atoms with E-state index >= 15 is 0 Å². The summed E-state index contributed by atoms with van der Waals surface area (Å²) in [7, 11) is 0. The fourth-order valence-electron chi connectivity index (χ4n) is 2.07. The van der Waals surface area contributed by atoms with Gasteiger partial charge in [-0.1, -0.05) is 18.2 Å². The fraction of sp³-hybridized carbons (Fsp3) is 0.111. The van der Waals surface area contributed by atoms with Crippen molar-refractivity contribution in [1.82, 2.24) is 5.32 Å². The Hall–Kier alpha value is -4.26. The number of benzene rings is 2. The van der Waals surface area contributed by atoms with E-state index in [4.69, 9.17) is 10.00 Å². The molecule has 0 radical (unpaired) electrons. The monoisotopic (exact) mass is 382 g/mol. The number of nitro groups is 1. The number of amides is 2. The Labute approximate surface area is 158 Å². The number of anilines is 1. The van der Waals surface area contributed by atoms with Gasteiger partial charge in [0.15, 0.2) is 6.61 Å². The van der Waals surface area contributed by atoms with Crippen LogP contribution in [-0.4, -0.2) is 35.9 Å². The highest BCUT2D eigenvalue weighted by molar-refractivity contribution is 5.96. The Balaban J connectivity index is 1.82. The molecule has 10 nitrogen and oxygen atoms in total. The van der Waals surface area contributed by atoms with Crippen LogP contribution in [0.25, 0.3) is 0 Å². The first-order valence-electron chi connectivity index (χ1n) is 7.88. The van der Waals surface area contributed by atoms with Crippen molar-refractivity contribution >= 4 is 29.2 Å². The highest BCUT2D eigenvalue weighted by Gasteiger charge is 2.14. The Bertz CT molecular complexity index is 952. The number of nitrogens with one attached hydrogen (secondary N) is 2. The fourth-order valence-corrected chi connectivity index (χ4v) is 2.07. The average molecular weight is 382 g/mol. The maximum absolute atomic E-state index is 11.8. The molecule has 2 rings (SSSR count). The smallest absolute Gasteiger partial charge is 0.325 e. The molecule has 142 valence electrons. The van der Waals surface area contributed by atoms with Gasteiger partial charge in [0, 0.05) is 17.7 Å². The van der Waals surface area contributed by atoms with Crippen molar-refractivity contribution in [2.45, 2.75) is 0 Å². The first-order valence-corrected chi connectivity index (χ1v) is 7.88. The predicted molar refractivity (Wildman–Crippen MR) is 96.2 cm³/mol. The first kappa shape index (κ1) is 20.1. The van der Waals surface area contributed by atoms with Gasteiger partial charge in [-0.05, 0) is 18.2 Å². The number of nitrogens with zero attached hydrogens (tertiary/aromatic N) is 2. The van der Waals surface area contributed by atoms with Gasteiger partial charge >= 0.3 is 5.97 Å². The minimum atomic E-state index is -0.830. The topological polar surface area (TPSA) is 151 Å². The Morgan fingerprint density at radius 3 is 2.50 bits per heavy atom. The van der Waals surface area contributed by atoms with E-state index < -0.39 is 35.9 Å². The van der Waals surface area contributed by atoms with Crippen LogP contribution in [0.4, 0.5) is 11.4 Å². The molecule has 2 N–H and O–H groups in total. The molecule has 0 atom stereocenters. The third kappa shape index (κ3) is 5.63. The minimum Gasteiger partial charge on any atom is -0.454 e. The molecule has 0 saturated carbocycles. The summed E-state index contributed by atoms with van der Waals surface area (Å²) in [5, 5.41) is 24.4. The van der Waals surface area contributed by atoms with Crippen LogP contribution < -0.4 is 10.6 Å². The lowest BCUT2D eigenvalue weighted by Gasteiger charge is -2.08. The van der Waals surface area contributed by atoms with E-state index in [2.05, 4.69) is 10.6 Å². The Morgan fingerprint density at radius 1 is 1.14 bits per heavy atom. The van der Waals surface area contributed by atoms with E-state index in [9.17, 15) is 24.5 Å². The molecule has 2 aromatic rings. The molecule has 0 fully saturated rings. The summed E-state index contributed by atoms with van der Waals surface area (Å²) in [6, 6.07) is 13.3. The highest BCUT2D eigenvalue weighted by Crippen LogP contribution is 2.21. The van der Waals surface area contributed by atoms with Gasteiger partial charge in [0.25, 0.3) is 17.5 Å². The van der Waals surface area contributed by atoms with E-state index in [1.807, 2.05) is 0 Å². The van der Waals surface area contributed by atoms with Gasteiger partial charge in [-0.2, -0.15) is 5.26 Å². The molecule has 0 spiro atoms. The molecule has 0 saturated heterocycles. The van der Waals surface area contributed by atoms with Gasteiger partial charge in [-0.15, -0.1) is 0 Å². The number of carbonyl (C=O) groups excluding carboxylic acids is 3. The minimum absolute atomic E-state index is 0.0477. The van der Waals surface area contributed by atoms with Crippen molar-refractivity contribution < 1.29 is 24.0 Å². The number of esters is 1. The lowest BCUT2D eigenvalue weighted by atomic mass is 10.1. The van der Waals surface area contributed by atoms with Gasteiger partial charge in [0.1, 0.15) is 12.6 Å². The van der Waals surface area contributed by atoms with Gasteiger partial charge in [0.05, 0.1) is 16.2 Å². The van der Waals surface area contributed by atoms with E-state index in [-0.39, 0.29) is 16.9 Å². The molecule has 0 aromatic heterocycles. The number of nitriles is 1. The van der Waals surface area contributed by atoms with Crippen LogP contribution in [0.5, 0.6) is 0 Å². The SMILES string of the molecule is N#Cc1cc([N+](=O)[O-])ccc1NC(=O)COC(=O)CNC(=O)c1ccccc1. The molecule has 0 aliphatic carbocycles. The molecule has 0 aliphatic heterocycles. The summed E-state index contributed by atoms with van der Waals surface area (Å²) in [6.45, 7) is -1.08. The van der Waals surface area contributed by atoms with E-state index in [1.54, 1.807) is 36.4 Å².